The summed E-state index contributed by atoms with van der Waals surface area (Å²) in [6.07, 6.45) is -2.33. The van der Waals surface area contributed by atoms with Crippen molar-refractivity contribution in [3.63, 3.8) is 0 Å². The Labute approximate surface area is 144 Å². The second-order valence-electron chi connectivity index (χ2n) is 4.80. The number of nitrogens with one attached hydrogen (secondary N) is 2. The fourth-order valence-corrected chi connectivity index (χ4v) is 2.90. The highest BCUT2D eigenvalue weighted by Gasteiger charge is 2.33. The number of rotatable bonds is 5. The van der Waals surface area contributed by atoms with Crippen LogP contribution in [0.5, 0.6) is 0 Å². The predicted octanol–water partition coefficient (Wildman–Crippen LogP) is 2.92. The second-order valence-corrected chi connectivity index (χ2v) is 6.51. The molecule has 0 aliphatic carbocycles. The van der Waals surface area contributed by atoms with Gasteiger partial charge in [0.05, 0.1) is 33.3 Å². The van der Waals surface area contributed by atoms with Crippen molar-refractivity contribution in [3.05, 3.63) is 42.0 Å². The highest BCUT2D eigenvalue weighted by atomic mass is 32.2. The zero-order valence-corrected chi connectivity index (χ0v) is 14.2. The number of amides is 1. The fraction of sp³-hybridized carbons (Fsp3) is 0.267. The molecule has 0 fully saturated rings. The van der Waals surface area contributed by atoms with Crippen LogP contribution in [0.1, 0.15) is 23.1 Å². The average Bonchev–Trinajstić information content (AvgIpc) is 2.60. The Balaban J connectivity index is 2.40. The van der Waals surface area contributed by atoms with E-state index in [1.165, 1.54) is 25.4 Å². The minimum Gasteiger partial charge on any atom is -0.385 e. The van der Waals surface area contributed by atoms with E-state index in [0.29, 0.717) is 0 Å². The van der Waals surface area contributed by atoms with Crippen molar-refractivity contribution in [1.29, 1.82) is 0 Å². The van der Waals surface area contributed by atoms with Crippen molar-refractivity contribution in [2.45, 2.75) is 18.0 Å². The van der Waals surface area contributed by atoms with Crippen LogP contribution >= 0.6 is 0 Å². The van der Waals surface area contributed by atoms with Crippen LogP contribution in [-0.4, -0.2) is 32.9 Å². The molecule has 0 saturated carbocycles. The van der Waals surface area contributed by atoms with Gasteiger partial charge in [-0.1, -0.05) is 6.92 Å². The number of alkyl halides is 3. The summed E-state index contributed by atoms with van der Waals surface area (Å²) in [4.78, 5) is 19.9. The van der Waals surface area contributed by atoms with Crippen molar-refractivity contribution < 1.29 is 22.2 Å². The molecule has 2 aromatic heterocycles. The molecule has 0 aromatic carbocycles. The number of carbonyl (C=O) groups is 1. The van der Waals surface area contributed by atoms with Gasteiger partial charge in [-0.25, -0.2) is 9.97 Å². The van der Waals surface area contributed by atoms with E-state index in [9.17, 15) is 22.2 Å². The zero-order valence-electron chi connectivity index (χ0n) is 13.3. The van der Waals surface area contributed by atoms with E-state index in [4.69, 9.17) is 0 Å². The molecule has 6 nitrogen and oxygen atoms in total. The summed E-state index contributed by atoms with van der Waals surface area (Å²) in [6, 6.07) is 3.75. The van der Waals surface area contributed by atoms with Crippen LogP contribution in [0, 0.1) is 0 Å². The molecule has 2 N–H and O–H groups in total. The Bertz CT molecular complexity index is 812. The summed E-state index contributed by atoms with van der Waals surface area (Å²) in [6.45, 7) is 1.68. The quantitative estimate of drug-likeness (QED) is 0.843. The van der Waals surface area contributed by atoms with Gasteiger partial charge in [0, 0.05) is 19.0 Å². The van der Waals surface area contributed by atoms with Gasteiger partial charge in [-0.3, -0.25) is 9.00 Å². The first-order valence-electron chi connectivity index (χ1n) is 7.17. The highest BCUT2D eigenvalue weighted by molar-refractivity contribution is 7.85. The molecule has 2 rings (SSSR count). The molecule has 10 heteroatoms. The molecule has 0 spiro atoms. The van der Waals surface area contributed by atoms with Gasteiger partial charge in [0.15, 0.2) is 0 Å². The standard InChI is InChI=1S/C15H15F3N4O2S/c1-3-25(24)11-5-4-6-20-13(11)14(23)22-9-7-12(15(16,17)18)21-8-10(9)19-2/h4-8,19H,3H2,1-2H3,(H,21,22,23). The van der Waals surface area contributed by atoms with E-state index in [2.05, 4.69) is 20.6 Å². The predicted molar refractivity (Wildman–Crippen MR) is 87.9 cm³/mol. The van der Waals surface area contributed by atoms with Gasteiger partial charge in [-0.15, -0.1) is 0 Å². The third-order valence-electron chi connectivity index (χ3n) is 3.21. The van der Waals surface area contributed by atoms with Crippen molar-refractivity contribution in [2.24, 2.45) is 0 Å². The summed E-state index contributed by atoms with van der Waals surface area (Å²) < 4.78 is 50.5. The Morgan fingerprint density at radius 3 is 2.60 bits per heavy atom. The Kier molecular flexibility index (Phi) is 5.73. The minimum atomic E-state index is -4.65. The van der Waals surface area contributed by atoms with Crippen LogP contribution in [0.3, 0.4) is 0 Å². The maximum absolute atomic E-state index is 12.8. The number of hydrogen-bond donors (Lipinski definition) is 2. The molecule has 0 bridgehead atoms. The number of halogens is 3. The first kappa shape index (κ1) is 18.8. The summed E-state index contributed by atoms with van der Waals surface area (Å²) >= 11 is 0. The third-order valence-corrected chi connectivity index (χ3v) is 4.55. The van der Waals surface area contributed by atoms with Crippen molar-refractivity contribution in [3.8, 4) is 0 Å². The summed E-state index contributed by atoms with van der Waals surface area (Å²) in [5.41, 5.74) is -1.14. The number of hydrogen-bond acceptors (Lipinski definition) is 5. The van der Waals surface area contributed by atoms with Crippen molar-refractivity contribution >= 4 is 28.1 Å². The Morgan fingerprint density at radius 1 is 1.28 bits per heavy atom. The van der Waals surface area contributed by atoms with Crippen LogP contribution in [0.25, 0.3) is 0 Å². The van der Waals surface area contributed by atoms with E-state index >= 15 is 0 Å². The normalized spacial score (nSPS) is 12.5. The summed E-state index contributed by atoms with van der Waals surface area (Å²) in [7, 11) is 0.0470. The number of aromatic nitrogens is 2. The average molecular weight is 372 g/mol. The number of carbonyl (C=O) groups excluding carboxylic acids is 1. The van der Waals surface area contributed by atoms with Gasteiger partial charge < -0.3 is 10.6 Å². The number of pyridine rings is 2. The first-order chi connectivity index (χ1) is 11.8. The molecule has 1 unspecified atom stereocenters. The third kappa shape index (κ3) is 4.32. The minimum absolute atomic E-state index is 0.102. The molecule has 2 heterocycles. The van der Waals surface area contributed by atoms with E-state index < -0.39 is 28.6 Å². The van der Waals surface area contributed by atoms with Crippen LogP contribution in [-0.2, 0) is 17.0 Å². The number of nitrogens with zero attached hydrogens (tertiary/aromatic N) is 2. The van der Waals surface area contributed by atoms with Crippen LogP contribution in [0.15, 0.2) is 35.5 Å². The van der Waals surface area contributed by atoms with Gasteiger partial charge >= 0.3 is 6.18 Å². The molecule has 1 atom stereocenters. The lowest BCUT2D eigenvalue weighted by Gasteiger charge is -2.14. The molecule has 0 aliphatic heterocycles. The fourth-order valence-electron chi connectivity index (χ4n) is 1.99. The maximum atomic E-state index is 12.8. The molecule has 2 aromatic rings. The monoisotopic (exact) mass is 372 g/mol. The van der Waals surface area contributed by atoms with Gasteiger partial charge in [-0.2, -0.15) is 13.2 Å². The smallest absolute Gasteiger partial charge is 0.385 e. The lowest BCUT2D eigenvalue weighted by molar-refractivity contribution is -0.141. The van der Waals surface area contributed by atoms with Crippen molar-refractivity contribution in [2.75, 3.05) is 23.4 Å². The molecule has 0 radical (unpaired) electrons. The van der Waals surface area contributed by atoms with E-state index in [-0.39, 0.29) is 27.7 Å². The SMILES string of the molecule is CCS(=O)c1cccnc1C(=O)Nc1cc(C(F)(F)F)ncc1NC. The van der Waals surface area contributed by atoms with Gasteiger partial charge in [-0.05, 0) is 18.2 Å². The second kappa shape index (κ2) is 7.60. The van der Waals surface area contributed by atoms with Crippen LogP contribution < -0.4 is 10.6 Å². The largest absolute Gasteiger partial charge is 0.433 e. The molecule has 25 heavy (non-hydrogen) atoms. The molecule has 0 aliphatic rings. The van der Waals surface area contributed by atoms with Gasteiger partial charge in [0.1, 0.15) is 11.4 Å². The Morgan fingerprint density at radius 2 is 2.00 bits per heavy atom. The molecular formula is C15H15F3N4O2S. The Hall–Kier alpha value is -2.49. The topological polar surface area (TPSA) is 84.0 Å². The lowest BCUT2D eigenvalue weighted by Crippen LogP contribution is -2.19. The zero-order chi connectivity index (χ0) is 18.6. The molecule has 1 amide bonds. The summed E-state index contributed by atoms with van der Waals surface area (Å²) in [5, 5.41) is 5.03. The molecule has 134 valence electrons. The summed E-state index contributed by atoms with van der Waals surface area (Å²) in [5.74, 6) is -0.477. The van der Waals surface area contributed by atoms with E-state index in [1.54, 1.807) is 6.92 Å². The molecule has 0 saturated heterocycles. The first-order valence-corrected chi connectivity index (χ1v) is 8.49. The van der Waals surface area contributed by atoms with Crippen LogP contribution in [0.2, 0.25) is 0 Å². The van der Waals surface area contributed by atoms with E-state index in [0.717, 1.165) is 12.3 Å². The lowest BCUT2D eigenvalue weighted by atomic mass is 10.2. The van der Waals surface area contributed by atoms with Crippen molar-refractivity contribution in [1.82, 2.24) is 9.97 Å². The molecular weight excluding hydrogens is 357 g/mol. The van der Waals surface area contributed by atoms with Gasteiger partial charge in [0.25, 0.3) is 5.91 Å². The highest BCUT2D eigenvalue weighted by Crippen LogP contribution is 2.32. The van der Waals surface area contributed by atoms with Gasteiger partial charge in [0.2, 0.25) is 0 Å². The maximum Gasteiger partial charge on any atom is 0.433 e. The van der Waals surface area contributed by atoms with E-state index in [1.807, 2.05) is 0 Å². The van der Waals surface area contributed by atoms with Crippen LogP contribution in [0.4, 0.5) is 24.5 Å². The number of anilines is 2.